The van der Waals surface area contributed by atoms with E-state index < -0.39 is 0 Å². The number of anilines is 1. The van der Waals surface area contributed by atoms with Gasteiger partial charge in [-0.15, -0.1) is 0 Å². The summed E-state index contributed by atoms with van der Waals surface area (Å²) in [7, 11) is 0. The van der Waals surface area contributed by atoms with E-state index in [0.29, 0.717) is 0 Å². The molecule has 1 aliphatic rings. The Balaban J connectivity index is 1.75. The van der Waals surface area contributed by atoms with Crippen molar-refractivity contribution >= 4 is 5.82 Å². The summed E-state index contributed by atoms with van der Waals surface area (Å²) in [5.41, 5.74) is 1.06. The third-order valence-electron chi connectivity index (χ3n) is 3.74. The monoisotopic (exact) mass is 291 g/mol. The van der Waals surface area contributed by atoms with Crippen molar-refractivity contribution in [1.82, 2.24) is 19.8 Å². The van der Waals surface area contributed by atoms with Crippen molar-refractivity contribution in [3.8, 4) is 0 Å². The van der Waals surface area contributed by atoms with E-state index in [0.717, 1.165) is 50.0 Å². The van der Waals surface area contributed by atoms with Crippen LogP contribution in [0.25, 0.3) is 0 Å². The first kappa shape index (κ1) is 16.2. The molecule has 2 heterocycles. The predicted molar refractivity (Wildman–Crippen MR) is 87.4 cm³/mol. The number of hydrogen-bond donors (Lipinski definition) is 1. The molecule has 1 aromatic rings. The molecule has 1 fully saturated rings. The summed E-state index contributed by atoms with van der Waals surface area (Å²) >= 11 is 0. The van der Waals surface area contributed by atoms with Crippen LogP contribution in [-0.2, 0) is 6.54 Å². The van der Waals surface area contributed by atoms with Crippen LogP contribution in [0.2, 0.25) is 0 Å². The van der Waals surface area contributed by atoms with E-state index in [9.17, 15) is 0 Å². The molecule has 1 N–H and O–H groups in total. The van der Waals surface area contributed by atoms with Crippen LogP contribution in [0.15, 0.2) is 12.4 Å². The normalized spacial score (nSPS) is 17.3. The van der Waals surface area contributed by atoms with Crippen LogP contribution in [0, 0.1) is 5.92 Å². The minimum absolute atomic E-state index is 0.755. The first-order valence-corrected chi connectivity index (χ1v) is 8.17. The summed E-state index contributed by atoms with van der Waals surface area (Å²) in [6, 6.07) is 0. The van der Waals surface area contributed by atoms with Crippen LogP contribution in [0.3, 0.4) is 0 Å². The lowest BCUT2D eigenvalue weighted by atomic mass is 10.2. The van der Waals surface area contributed by atoms with Crippen LogP contribution < -0.4 is 5.32 Å². The standard InChI is InChI=1S/C16H29N5/c1-4-5-17-16-11-18-15(10-19-16)13-21-8-6-20(7-9-21)12-14(2)3/h10-11,14H,4-9,12-13H2,1-3H3,(H,17,19). The Bertz CT molecular complexity index is 396. The van der Waals surface area contributed by atoms with Crippen LogP contribution in [0.1, 0.15) is 32.9 Å². The first-order valence-electron chi connectivity index (χ1n) is 8.17. The maximum atomic E-state index is 4.51. The highest BCUT2D eigenvalue weighted by atomic mass is 15.3. The maximum Gasteiger partial charge on any atom is 0.144 e. The zero-order valence-corrected chi connectivity index (χ0v) is 13.7. The molecule has 5 heteroatoms. The molecule has 0 aliphatic carbocycles. The van der Waals surface area contributed by atoms with Crippen molar-refractivity contribution in [2.75, 3.05) is 44.6 Å². The predicted octanol–water partition coefficient (Wildman–Crippen LogP) is 2.07. The summed E-state index contributed by atoms with van der Waals surface area (Å²) in [5, 5.41) is 3.26. The molecule has 0 bridgehead atoms. The molecular weight excluding hydrogens is 262 g/mol. The molecule has 0 radical (unpaired) electrons. The minimum atomic E-state index is 0.755. The molecule has 0 amide bonds. The van der Waals surface area contributed by atoms with Crippen molar-refractivity contribution in [3.05, 3.63) is 18.1 Å². The van der Waals surface area contributed by atoms with Gasteiger partial charge in [-0.3, -0.25) is 9.88 Å². The number of aromatic nitrogens is 2. The minimum Gasteiger partial charge on any atom is -0.369 e. The van der Waals surface area contributed by atoms with Gasteiger partial charge in [-0.25, -0.2) is 4.98 Å². The summed E-state index contributed by atoms with van der Waals surface area (Å²) in [6.45, 7) is 14.4. The smallest absolute Gasteiger partial charge is 0.144 e. The Morgan fingerprint density at radius 1 is 1.10 bits per heavy atom. The van der Waals surface area contributed by atoms with Gasteiger partial charge in [0.2, 0.25) is 0 Å². The summed E-state index contributed by atoms with van der Waals surface area (Å²) in [5.74, 6) is 1.63. The molecule has 0 unspecified atom stereocenters. The quantitative estimate of drug-likeness (QED) is 0.833. The van der Waals surface area contributed by atoms with Gasteiger partial charge in [0.1, 0.15) is 5.82 Å². The molecule has 118 valence electrons. The molecule has 0 aromatic carbocycles. The van der Waals surface area contributed by atoms with E-state index in [1.165, 1.54) is 19.6 Å². The fraction of sp³-hybridized carbons (Fsp3) is 0.750. The lowest BCUT2D eigenvalue weighted by Crippen LogP contribution is -2.46. The Kier molecular flexibility index (Phi) is 6.39. The zero-order valence-electron chi connectivity index (χ0n) is 13.7. The number of piperazine rings is 1. The van der Waals surface area contributed by atoms with Crippen molar-refractivity contribution < 1.29 is 0 Å². The fourth-order valence-corrected chi connectivity index (χ4v) is 2.66. The van der Waals surface area contributed by atoms with Gasteiger partial charge >= 0.3 is 0 Å². The molecular formula is C16H29N5. The Hall–Kier alpha value is -1.20. The van der Waals surface area contributed by atoms with Gasteiger partial charge in [0, 0.05) is 45.8 Å². The molecule has 1 aromatic heterocycles. The first-order chi connectivity index (χ1) is 10.2. The summed E-state index contributed by atoms with van der Waals surface area (Å²) < 4.78 is 0. The highest BCUT2D eigenvalue weighted by molar-refractivity contribution is 5.30. The topological polar surface area (TPSA) is 44.3 Å². The Morgan fingerprint density at radius 2 is 1.81 bits per heavy atom. The second-order valence-electron chi connectivity index (χ2n) is 6.29. The van der Waals surface area contributed by atoms with Gasteiger partial charge in [-0.2, -0.15) is 0 Å². The SMILES string of the molecule is CCCNc1cnc(CN2CCN(CC(C)C)CC2)cn1. The molecule has 0 spiro atoms. The van der Waals surface area contributed by atoms with Crippen molar-refractivity contribution in [1.29, 1.82) is 0 Å². The Labute approximate surface area is 128 Å². The van der Waals surface area contributed by atoms with Gasteiger partial charge in [-0.1, -0.05) is 20.8 Å². The average Bonchev–Trinajstić information content (AvgIpc) is 2.48. The molecule has 1 saturated heterocycles. The van der Waals surface area contributed by atoms with Crippen LogP contribution in [-0.4, -0.2) is 59.0 Å². The van der Waals surface area contributed by atoms with Crippen LogP contribution >= 0.6 is 0 Å². The van der Waals surface area contributed by atoms with E-state index in [1.807, 2.05) is 12.4 Å². The lowest BCUT2D eigenvalue weighted by Gasteiger charge is -2.35. The molecule has 5 nitrogen and oxygen atoms in total. The molecule has 2 rings (SSSR count). The van der Waals surface area contributed by atoms with Crippen molar-refractivity contribution in [3.63, 3.8) is 0 Å². The average molecular weight is 291 g/mol. The summed E-state index contributed by atoms with van der Waals surface area (Å²) in [4.78, 5) is 14.0. The second-order valence-corrected chi connectivity index (χ2v) is 6.29. The van der Waals surface area contributed by atoms with Gasteiger partial charge in [0.05, 0.1) is 18.1 Å². The van der Waals surface area contributed by atoms with Gasteiger partial charge in [-0.05, 0) is 12.3 Å². The Morgan fingerprint density at radius 3 is 2.38 bits per heavy atom. The third-order valence-corrected chi connectivity index (χ3v) is 3.74. The highest BCUT2D eigenvalue weighted by Gasteiger charge is 2.17. The van der Waals surface area contributed by atoms with Crippen LogP contribution in [0.4, 0.5) is 5.82 Å². The van der Waals surface area contributed by atoms with E-state index in [1.54, 1.807) is 0 Å². The van der Waals surface area contributed by atoms with Crippen molar-refractivity contribution in [2.45, 2.75) is 33.7 Å². The van der Waals surface area contributed by atoms with Gasteiger partial charge in [0.15, 0.2) is 0 Å². The van der Waals surface area contributed by atoms with Gasteiger partial charge in [0.25, 0.3) is 0 Å². The highest BCUT2D eigenvalue weighted by Crippen LogP contribution is 2.09. The third kappa shape index (κ3) is 5.59. The second kappa shape index (κ2) is 8.29. The number of hydrogen-bond acceptors (Lipinski definition) is 5. The molecule has 1 aliphatic heterocycles. The largest absolute Gasteiger partial charge is 0.369 e. The molecule has 21 heavy (non-hydrogen) atoms. The van der Waals surface area contributed by atoms with E-state index >= 15 is 0 Å². The zero-order chi connectivity index (χ0) is 15.1. The number of rotatable bonds is 7. The van der Waals surface area contributed by atoms with Crippen molar-refractivity contribution in [2.24, 2.45) is 5.92 Å². The van der Waals surface area contributed by atoms with Gasteiger partial charge < -0.3 is 10.2 Å². The molecule has 0 saturated carbocycles. The summed E-state index contributed by atoms with van der Waals surface area (Å²) in [6.07, 6.45) is 4.85. The van der Waals surface area contributed by atoms with E-state index in [2.05, 4.69) is 45.9 Å². The fourth-order valence-electron chi connectivity index (χ4n) is 2.66. The van der Waals surface area contributed by atoms with Crippen LogP contribution in [0.5, 0.6) is 0 Å². The maximum absolute atomic E-state index is 4.51. The molecule has 0 atom stereocenters. The number of nitrogens with one attached hydrogen (secondary N) is 1. The number of nitrogens with zero attached hydrogens (tertiary/aromatic N) is 4. The van der Waals surface area contributed by atoms with E-state index in [-0.39, 0.29) is 0 Å². The lowest BCUT2D eigenvalue weighted by molar-refractivity contribution is 0.116. The van der Waals surface area contributed by atoms with E-state index in [4.69, 9.17) is 0 Å².